The van der Waals surface area contributed by atoms with Crippen LogP contribution >= 0.6 is 0 Å². The topological polar surface area (TPSA) is 110 Å². The molecule has 94 valence electrons. The minimum absolute atomic E-state index is 0.0882. The molecule has 1 heterocycles. The number of carbonyl (C=O) groups excluding carboxylic acids is 1. The lowest BCUT2D eigenvalue weighted by Gasteiger charge is -2.26. The van der Waals surface area contributed by atoms with Crippen molar-refractivity contribution >= 4 is 5.91 Å². The van der Waals surface area contributed by atoms with Gasteiger partial charge >= 0.3 is 0 Å². The Kier molecular flexibility index (Phi) is 4.03. The number of hydrogen-bond donors (Lipinski definition) is 3. The number of tetrazole rings is 1. The molecular weight excluding hydrogens is 220 g/mol. The minimum atomic E-state index is 0.0882. The zero-order chi connectivity index (χ0) is 12.1. The quantitative estimate of drug-likeness (QED) is 0.660. The first kappa shape index (κ1) is 12.0. The van der Waals surface area contributed by atoms with E-state index >= 15 is 0 Å². The maximum Gasteiger partial charge on any atom is 0.223 e. The van der Waals surface area contributed by atoms with Crippen molar-refractivity contribution in [2.75, 3.05) is 6.54 Å². The number of nitrogens with two attached hydrogens (primary N) is 1. The van der Waals surface area contributed by atoms with E-state index in [4.69, 9.17) is 5.73 Å². The maximum atomic E-state index is 11.9. The number of carbonyl (C=O) groups is 1. The molecule has 0 saturated heterocycles. The molecular formula is C10H18N6O. The number of H-pyrrole nitrogens is 1. The van der Waals surface area contributed by atoms with Crippen molar-refractivity contribution in [3.8, 4) is 0 Å². The van der Waals surface area contributed by atoms with Gasteiger partial charge in [-0.1, -0.05) is 5.21 Å². The Morgan fingerprint density at radius 2 is 2.18 bits per heavy atom. The summed E-state index contributed by atoms with van der Waals surface area (Å²) in [5.41, 5.74) is 5.62. The molecule has 0 unspecified atom stereocenters. The number of rotatable bonds is 4. The molecule has 4 N–H and O–H groups in total. The second kappa shape index (κ2) is 5.72. The molecule has 0 spiro atoms. The largest absolute Gasteiger partial charge is 0.348 e. The molecule has 1 aliphatic carbocycles. The van der Waals surface area contributed by atoms with Gasteiger partial charge in [0.1, 0.15) is 0 Å². The van der Waals surface area contributed by atoms with Crippen LogP contribution in [-0.4, -0.2) is 33.1 Å². The van der Waals surface area contributed by atoms with E-state index in [0.717, 1.165) is 32.2 Å². The van der Waals surface area contributed by atoms with E-state index < -0.39 is 0 Å². The molecule has 0 radical (unpaired) electrons. The van der Waals surface area contributed by atoms with Crippen molar-refractivity contribution in [1.82, 2.24) is 25.9 Å². The molecule has 1 aromatic rings. The van der Waals surface area contributed by atoms with E-state index in [0.29, 0.717) is 18.3 Å². The van der Waals surface area contributed by atoms with Crippen LogP contribution in [0.15, 0.2) is 0 Å². The first-order valence-electron chi connectivity index (χ1n) is 5.99. The fourth-order valence-corrected chi connectivity index (χ4v) is 2.23. The Hall–Kier alpha value is -1.50. The van der Waals surface area contributed by atoms with Gasteiger partial charge in [-0.25, -0.2) is 0 Å². The van der Waals surface area contributed by atoms with Gasteiger partial charge in [0.25, 0.3) is 0 Å². The molecule has 1 saturated carbocycles. The van der Waals surface area contributed by atoms with E-state index in [9.17, 15) is 4.79 Å². The predicted octanol–water partition coefficient (Wildman–Crippen LogP) is -0.419. The molecule has 1 aromatic heterocycles. The van der Waals surface area contributed by atoms with Crippen molar-refractivity contribution in [3.05, 3.63) is 5.82 Å². The number of nitrogens with zero attached hydrogens (tertiary/aromatic N) is 3. The number of aromatic amines is 1. The van der Waals surface area contributed by atoms with E-state index in [2.05, 4.69) is 25.9 Å². The number of amides is 1. The molecule has 7 nitrogen and oxygen atoms in total. The Bertz CT molecular complexity index is 344. The molecule has 0 bridgehead atoms. The highest BCUT2D eigenvalue weighted by atomic mass is 16.1. The van der Waals surface area contributed by atoms with Gasteiger partial charge in [0.05, 0.1) is 6.54 Å². The Labute approximate surface area is 99.5 Å². The highest BCUT2D eigenvalue weighted by Gasteiger charge is 2.25. The van der Waals surface area contributed by atoms with E-state index in [1.165, 1.54) is 0 Å². The van der Waals surface area contributed by atoms with Gasteiger partial charge in [0, 0.05) is 5.92 Å². The van der Waals surface area contributed by atoms with Gasteiger partial charge in [-0.05, 0) is 38.1 Å². The van der Waals surface area contributed by atoms with Crippen LogP contribution in [0.4, 0.5) is 0 Å². The second-order valence-corrected chi connectivity index (χ2v) is 4.50. The third kappa shape index (κ3) is 3.23. The van der Waals surface area contributed by atoms with E-state index in [1.54, 1.807) is 0 Å². The van der Waals surface area contributed by atoms with Crippen LogP contribution in [-0.2, 0) is 11.3 Å². The standard InChI is InChI=1S/C10H18N6O/c11-5-7-1-3-8(4-2-7)10(17)12-6-9-13-15-16-14-9/h7-8H,1-6,11H2,(H,12,17)(H,13,14,15,16). The molecule has 1 aliphatic rings. The Morgan fingerprint density at radius 1 is 1.41 bits per heavy atom. The van der Waals surface area contributed by atoms with Crippen LogP contribution in [0.3, 0.4) is 0 Å². The normalized spacial score (nSPS) is 24.5. The predicted molar refractivity (Wildman–Crippen MR) is 60.5 cm³/mol. The van der Waals surface area contributed by atoms with E-state index in [-0.39, 0.29) is 11.8 Å². The van der Waals surface area contributed by atoms with Crippen LogP contribution in [0.2, 0.25) is 0 Å². The monoisotopic (exact) mass is 238 g/mol. The van der Waals surface area contributed by atoms with Crippen molar-refractivity contribution in [2.24, 2.45) is 17.6 Å². The zero-order valence-electron chi connectivity index (χ0n) is 9.72. The highest BCUT2D eigenvalue weighted by molar-refractivity contribution is 5.78. The van der Waals surface area contributed by atoms with Gasteiger partial charge in [0.2, 0.25) is 5.91 Å². The summed E-state index contributed by atoms with van der Waals surface area (Å²) < 4.78 is 0. The average Bonchev–Trinajstić information content (AvgIpc) is 2.89. The first-order chi connectivity index (χ1) is 8.29. The summed E-state index contributed by atoms with van der Waals surface area (Å²) in [6, 6.07) is 0. The molecule has 0 aromatic carbocycles. The fourth-order valence-electron chi connectivity index (χ4n) is 2.23. The van der Waals surface area contributed by atoms with Crippen molar-refractivity contribution in [1.29, 1.82) is 0 Å². The van der Waals surface area contributed by atoms with Crippen LogP contribution in [0.1, 0.15) is 31.5 Å². The third-order valence-electron chi connectivity index (χ3n) is 3.36. The van der Waals surface area contributed by atoms with Crippen molar-refractivity contribution in [3.63, 3.8) is 0 Å². The maximum absolute atomic E-state index is 11.9. The molecule has 2 rings (SSSR count). The second-order valence-electron chi connectivity index (χ2n) is 4.50. The molecule has 1 amide bonds. The SMILES string of the molecule is NCC1CCC(C(=O)NCc2nn[nH]n2)CC1. The highest BCUT2D eigenvalue weighted by Crippen LogP contribution is 2.28. The number of hydrogen-bond acceptors (Lipinski definition) is 5. The molecule has 7 heteroatoms. The average molecular weight is 238 g/mol. The lowest BCUT2D eigenvalue weighted by atomic mass is 9.81. The summed E-state index contributed by atoms with van der Waals surface area (Å²) in [4.78, 5) is 11.9. The summed E-state index contributed by atoms with van der Waals surface area (Å²) in [6.07, 6.45) is 3.97. The van der Waals surface area contributed by atoms with Gasteiger partial charge < -0.3 is 11.1 Å². The van der Waals surface area contributed by atoms with Crippen molar-refractivity contribution < 1.29 is 4.79 Å². The van der Waals surface area contributed by atoms with Crippen LogP contribution in [0.25, 0.3) is 0 Å². The van der Waals surface area contributed by atoms with Crippen molar-refractivity contribution in [2.45, 2.75) is 32.2 Å². The van der Waals surface area contributed by atoms with Crippen LogP contribution < -0.4 is 11.1 Å². The lowest BCUT2D eigenvalue weighted by molar-refractivity contribution is -0.126. The minimum Gasteiger partial charge on any atom is -0.348 e. The zero-order valence-corrected chi connectivity index (χ0v) is 9.72. The number of nitrogens with one attached hydrogen (secondary N) is 2. The lowest BCUT2D eigenvalue weighted by Crippen LogP contribution is -2.34. The molecule has 1 fully saturated rings. The Balaban J connectivity index is 1.73. The summed E-state index contributed by atoms with van der Waals surface area (Å²) in [7, 11) is 0. The molecule has 0 atom stereocenters. The summed E-state index contributed by atoms with van der Waals surface area (Å²) in [5, 5.41) is 16.2. The summed E-state index contributed by atoms with van der Waals surface area (Å²) in [6.45, 7) is 1.07. The summed E-state index contributed by atoms with van der Waals surface area (Å²) >= 11 is 0. The van der Waals surface area contributed by atoms with Crippen LogP contribution in [0, 0.1) is 11.8 Å². The van der Waals surface area contributed by atoms with Crippen LogP contribution in [0.5, 0.6) is 0 Å². The molecule has 0 aliphatic heterocycles. The molecule has 17 heavy (non-hydrogen) atoms. The first-order valence-corrected chi connectivity index (χ1v) is 5.99. The van der Waals surface area contributed by atoms with Gasteiger partial charge in [0.15, 0.2) is 5.82 Å². The Morgan fingerprint density at radius 3 is 2.76 bits per heavy atom. The van der Waals surface area contributed by atoms with E-state index in [1.807, 2.05) is 0 Å². The fraction of sp³-hybridized carbons (Fsp3) is 0.800. The smallest absolute Gasteiger partial charge is 0.223 e. The van der Waals surface area contributed by atoms with Gasteiger partial charge in [-0.2, -0.15) is 5.21 Å². The number of aromatic nitrogens is 4. The third-order valence-corrected chi connectivity index (χ3v) is 3.36. The summed E-state index contributed by atoms with van der Waals surface area (Å²) in [5.74, 6) is 1.31. The van der Waals surface area contributed by atoms with Gasteiger partial charge in [-0.3, -0.25) is 4.79 Å². The van der Waals surface area contributed by atoms with Gasteiger partial charge in [-0.15, -0.1) is 10.2 Å².